The minimum Gasteiger partial charge on any atom is -0.424 e. The van der Waals surface area contributed by atoms with Gasteiger partial charge in [-0.2, -0.15) is 4.98 Å². The van der Waals surface area contributed by atoms with Crippen molar-refractivity contribution in [2.24, 2.45) is 0 Å². The highest BCUT2D eigenvalue weighted by Crippen LogP contribution is 2.57. The van der Waals surface area contributed by atoms with Gasteiger partial charge < -0.3 is 24.8 Å². The largest absolute Gasteiger partial charge is 0.428 e. The molecule has 4 rings (SSSR count). The lowest BCUT2D eigenvalue weighted by Gasteiger charge is -2.21. The topological polar surface area (TPSA) is 204 Å². The number of halogens is 2. The van der Waals surface area contributed by atoms with Gasteiger partial charge in [0.2, 0.25) is 5.91 Å². The van der Waals surface area contributed by atoms with E-state index in [2.05, 4.69) is 88.6 Å². The Morgan fingerprint density at radius 3 is 2.02 bits per heavy atom. The van der Waals surface area contributed by atoms with Gasteiger partial charge in [0.15, 0.2) is 0 Å². The molecule has 1 aliphatic heterocycles. The maximum atomic E-state index is 13.8. The van der Waals surface area contributed by atoms with Crippen LogP contribution in [0.2, 0.25) is 0 Å². The molecule has 20 heteroatoms. The van der Waals surface area contributed by atoms with Gasteiger partial charge >= 0.3 is 19.4 Å². The number of nitrogens with two attached hydrogens (primary N) is 1. The Bertz CT molecular complexity index is 2240. The number of nitro benzene ring substituents is 1. The average Bonchev–Trinajstić information content (AvgIpc) is 3.74. The number of nitro groups is 1. The first-order chi connectivity index (χ1) is 31.3. The molecule has 2 aromatic carbocycles. The van der Waals surface area contributed by atoms with Crippen molar-refractivity contribution in [3.05, 3.63) is 160 Å². The van der Waals surface area contributed by atoms with Crippen molar-refractivity contribution >= 4 is 65.3 Å². The summed E-state index contributed by atoms with van der Waals surface area (Å²) in [4.78, 5) is 38.0. The van der Waals surface area contributed by atoms with Crippen molar-refractivity contribution in [2.75, 3.05) is 30.8 Å². The van der Waals surface area contributed by atoms with Gasteiger partial charge in [-0.05, 0) is 81.7 Å². The summed E-state index contributed by atoms with van der Waals surface area (Å²) in [5.41, 5.74) is 4.53. The van der Waals surface area contributed by atoms with E-state index in [0.717, 1.165) is 38.5 Å². The molecule has 1 amide bonds. The third kappa shape index (κ3) is 25.0. The highest BCUT2D eigenvalue weighted by Gasteiger charge is 2.33. The highest BCUT2D eigenvalue weighted by atomic mass is 35.9. The molecule has 3 aromatic rings. The molecule has 0 spiro atoms. The molecular weight excluding hydrogens is 935 g/mol. The Morgan fingerprint density at radius 2 is 1.46 bits per heavy atom. The molecule has 0 radical (unpaired) electrons. The number of nitrogen functional groups attached to an aromatic ring is 1. The third-order valence-corrected chi connectivity index (χ3v) is 12.4. The summed E-state index contributed by atoms with van der Waals surface area (Å²) < 4.78 is 48.2. The maximum absolute atomic E-state index is 13.8. The van der Waals surface area contributed by atoms with Crippen LogP contribution < -0.4 is 25.8 Å². The molecule has 65 heavy (non-hydrogen) atoms. The molecule has 3 atom stereocenters. The molecule has 0 bridgehead atoms. The number of nitrogens with zero attached hydrogens (tertiary/aromatic N) is 3. The molecule has 1 aliphatic rings. The van der Waals surface area contributed by atoms with Crippen LogP contribution >= 0.6 is 47.9 Å². The van der Waals surface area contributed by atoms with E-state index in [4.69, 9.17) is 42.0 Å². The molecule has 1 aromatic heterocycles. The van der Waals surface area contributed by atoms with Gasteiger partial charge in [-0.15, -0.1) is 11.8 Å². The standard InChI is InChI=1S/C39H53N4O6PS.C6H4Cl2NO4P/c1-2-3-4-5-6-7-8-9-10-11-12-13-14-15-16-17-18-19-23-27-36(44)41-29-24-31-50(46,49-34-25-21-20-22-26-34)47-32-38-48-37(33-51-38)43-30-28-35(40)42-39(43)45;7-14(8,12)13-6-3-1-5(2-4-6)9(10)11/h3-4,6-7,9-10,12-13,15-16,18-22,25-26,28,30,37-38H,2,5,8,11,14,17,23-24,27,29,31-33H2,1H3,(H,41,44)(H2,40,42,45);1-4H/b4-3-,7-6-,10-9-,13-12-,16-15-,19-18-;/t37?,38-,50?;/m1./s1. The van der Waals surface area contributed by atoms with Crippen LogP contribution in [-0.2, 0) is 23.2 Å². The van der Waals surface area contributed by atoms with Crippen molar-refractivity contribution in [3.63, 3.8) is 0 Å². The number of hydrogen-bond donors (Lipinski definition) is 2. The van der Waals surface area contributed by atoms with Crippen molar-refractivity contribution in [3.8, 4) is 11.5 Å². The van der Waals surface area contributed by atoms with Gasteiger partial charge in [0, 0.05) is 59.5 Å². The summed E-state index contributed by atoms with van der Waals surface area (Å²) in [5, 5.41) is 13.2. The number of carbonyl (C=O) groups excluding carboxylic acids is 1. The van der Waals surface area contributed by atoms with Crippen LogP contribution in [0.3, 0.4) is 0 Å². The molecular formula is C45H57Cl2N5O10P2S. The molecule has 15 nitrogen and oxygen atoms in total. The van der Waals surface area contributed by atoms with Gasteiger partial charge in [0.05, 0.1) is 17.7 Å². The summed E-state index contributed by atoms with van der Waals surface area (Å²) in [6, 6.07) is 15.3. The number of thioether (sulfide) groups is 1. The maximum Gasteiger partial charge on any atom is 0.428 e. The van der Waals surface area contributed by atoms with Crippen LogP contribution in [-0.4, -0.2) is 50.9 Å². The summed E-state index contributed by atoms with van der Waals surface area (Å²) in [7, 11) is -3.59. The monoisotopic (exact) mass is 991 g/mol. The van der Waals surface area contributed by atoms with Crippen LogP contribution in [0.15, 0.2) is 145 Å². The number of hydrogen-bond acceptors (Lipinski definition) is 13. The number of aromatic nitrogens is 2. The Kier molecular flexibility index (Phi) is 26.3. The van der Waals surface area contributed by atoms with E-state index in [1.807, 2.05) is 12.1 Å². The zero-order valence-electron chi connectivity index (χ0n) is 36.2. The Balaban J connectivity index is 0.000000680. The highest BCUT2D eigenvalue weighted by molar-refractivity contribution is 8.05. The number of carbonyl (C=O) groups is 1. The fourth-order valence-electron chi connectivity index (χ4n) is 5.47. The summed E-state index contributed by atoms with van der Waals surface area (Å²) in [6.07, 6.45) is 30.5. The van der Waals surface area contributed by atoms with Crippen LogP contribution in [0.1, 0.15) is 70.9 Å². The molecule has 1 saturated heterocycles. The zero-order valence-corrected chi connectivity index (χ0v) is 40.3. The Labute approximate surface area is 394 Å². The second kappa shape index (κ2) is 31.3. The van der Waals surface area contributed by atoms with Crippen LogP contribution in [0.25, 0.3) is 0 Å². The summed E-state index contributed by atoms with van der Waals surface area (Å²) in [5.74, 6) is 1.11. The fraction of sp³-hybridized carbons (Fsp3) is 0.356. The second-order valence-corrected chi connectivity index (χ2v) is 21.3. The van der Waals surface area contributed by atoms with Crippen LogP contribution in [0.5, 0.6) is 11.5 Å². The molecule has 0 aliphatic carbocycles. The summed E-state index contributed by atoms with van der Waals surface area (Å²) in [6.45, 7) is 2.49. The number of rotatable bonds is 27. The molecule has 352 valence electrons. The van der Waals surface area contributed by atoms with E-state index >= 15 is 0 Å². The number of allylic oxidation sites excluding steroid dienone is 12. The van der Waals surface area contributed by atoms with Crippen molar-refractivity contribution in [2.45, 2.75) is 76.4 Å². The first-order valence-corrected chi connectivity index (χ1v) is 27.2. The van der Waals surface area contributed by atoms with Gasteiger partial charge in [0.25, 0.3) is 5.69 Å². The predicted molar refractivity (Wildman–Crippen MR) is 263 cm³/mol. The Morgan fingerprint density at radius 1 is 0.892 bits per heavy atom. The van der Waals surface area contributed by atoms with Crippen molar-refractivity contribution in [1.29, 1.82) is 0 Å². The predicted octanol–water partition coefficient (Wildman–Crippen LogP) is 12.2. The molecule has 0 saturated carbocycles. The van der Waals surface area contributed by atoms with Gasteiger partial charge in [0.1, 0.15) is 29.0 Å². The number of benzene rings is 2. The molecule has 2 heterocycles. The van der Waals surface area contributed by atoms with E-state index < -0.39 is 35.9 Å². The van der Waals surface area contributed by atoms with E-state index in [9.17, 15) is 28.8 Å². The fourth-order valence-corrected chi connectivity index (χ4v) is 9.03. The van der Waals surface area contributed by atoms with E-state index in [1.165, 1.54) is 46.7 Å². The smallest absolute Gasteiger partial charge is 0.424 e. The van der Waals surface area contributed by atoms with Crippen molar-refractivity contribution < 1.29 is 37.2 Å². The zero-order chi connectivity index (χ0) is 47.2. The lowest BCUT2D eigenvalue weighted by molar-refractivity contribution is -0.384. The van der Waals surface area contributed by atoms with E-state index in [0.29, 0.717) is 37.3 Å². The Hall–Kier alpha value is -4.66. The number of ether oxygens (including phenoxy) is 1. The molecule has 3 N–H and O–H groups in total. The lowest BCUT2D eigenvalue weighted by atomic mass is 10.2. The number of para-hydroxylation sites is 1. The number of amides is 1. The van der Waals surface area contributed by atoms with Gasteiger partial charge in [-0.1, -0.05) is 98.0 Å². The normalized spacial score (nSPS) is 16.4. The molecule has 1 fully saturated rings. The average molecular weight is 993 g/mol. The van der Waals surface area contributed by atoms with Crippen LogP contribution in [0.4, 0.5) is 11.5 Å². The number of nitrogens with one attached hydrogen (secondary N) is 1. The quantitative estimate of drug-likeness (QED) is 0.0240. The number of anilines is 1. The first kappa shape index (κ1) is 54.7. The SMILES string of the molecule is CC/C=C\C/C=C\C/C=C\C/C=C\C/C=C\C/C=C\CCC(=O)NCCCP(=O)(OC[C@@H]1OC(n2ccc(N)nc2=O)CS1)Oc1ccccc1.O=[N+]([O-])c1ccc(OP(=O)(Cl)Cl)cc1. The number of non-ortho nitro benzene ring substituents is 1. The van der Waals surface area contributed by atoms with Crippen molar-refractivity contribution in [1.82, 2.24) is 14.9 Å². The van der Waals surface area contributed by atoms with E-state index in [-0.39, 0.29) is 35.9 Å². The van der Waals surface area contributed by atoms with Crippen LogP contribution in [0, 0.1) is 10.1 Å². The third-order valence-electron chi connectivity index (χ3n) is 8.62. The van der Waals surface area contributed by atoms with Gasteiger partial charge in [-0.3, -0.25) is 24.0 Å². The minimum absolute atomic E-state index is 0.000740. The van der Waals surface area contributed by atoms with Gasteiger partial charge in [-0.25, -0.2) is 13.9 Å². The molecule has 2 unspecified atom stereocenters. The minimum atomic E-state index is -3.65. The lowest BCUT2D eigenvalue weighted by Crippen LogP contribution is -2.28. The van der Waals surface area contributed by atoms with E-state index in [1.54, 1.807) is 30.5 Å². The first-order valence-electron chi connectivity index (χ1n) is 21.0. The summed E-state index contributed by atoms with van der Waals surface area (Å²) >= 11 is 11.7. The second-order valence-electron chi connectivity index (χ2n) is 13.8.